The van der Waals surface area contributed by atoms with Crippen LogP contribution in [0.2, 0.25) is 5.02 Å². The lowest BCUT2D eigenvalue weighted by atomic mass is 10.2. The van der Waals surface area contributed by atoms with Gasteiger partial charge in [-0.3, -0.25) is 14.5 Å². The first-order valence-corrected chi connectivity index (χ1v) is 9.71. The molecule has 9 heteroatoms. The summed E-state index contributed by atoms with van der Waals surface area (Å²) in [5, 5.41) is 5.64. The van der Waals surface area contributed by atoms with Crippen LogP contribution < -0.4 is 5.32 Å². The molecule has 0 aliphatic carbocycles. The zero-order valence-corrected chi connectivity index (χ0v) is 16.0. The number of nitrogens with zero attached hydrogens (tertiary/aromatic N) is 2. The van der Waals surface area contributed by atoms with E-state index in [1.807, 2.05) is 12.1 Å². The maximum absolute atomic E-state index is 12.5. The molecule has 1 fully saturated rings. The highest BCUT2D eigenvalue weighted by molar-refractivity contribution is 8.26. The van der Waals surface area contributed by atoms with Gasteiger partial charge in [-0.05, 0) is 23.8 Å². The van der Waals surface area contributed by atoms with Crippen molar-refractivity contribution < 1.29 is 9.59 Å². The minimum atomic E-state index is -0.203. The molecule has 2 amide bonds. The summed E-state index contributed by atoms with van der Waals surface area (Å²) in [5.74, 6) is -0.391. The second kappa shape index (κ2) is 8.09. The molecule has 1 aromatic carbocycles. The lowest BCUT2D eigenvalue weighted by Gasteiger charge is -2.13. The number of thioether (sulfide) groups is 1. The van der Waals surface area contributed by atoms with Crippen molar-refractivity contribution in [1.82, 2.24) is 9.88 Å². The van der Waals surface area contributed by atoms with Crippen LogP contribution >= 0.6 is 46.9 Å². The van der Waals surface area contributed by atoms with Crippen LogP contribution in [0.5, 0.6) is 0 Å². The van der Waals surface area contributed by atoms with E-state index in [-0.39, 0.29) is 24.8 Å². The summed E-state index contributed by atoms with van der Waals surface area (Å²) in [7, 11) is 0. The minimum Gasteiger partial charge on any atom is -0.302 e. The molecule has 5 nitrogen and oxygen atoms in total. The second-order valence-electron chi connectivity index (χ2n) is 5.02. The molecule has 3 rings (SSSR count). The molecule has 128 valence electrons. The van der Waals surface area contributed by atoms with Gasteiger partial charge in [0.15, 0.2) is 5.13 Å². The van der Waals surface area contributed by atoms with Crippen molar-refractivity contribution in [2.45, 2.75) is 6.42 Å². The zero-order chi connectivity index (χ0) is 17.8. The number of thiazole rings is 1. The van der Waals surface area contributed by atoms with Gasteiger partial charge >= 0.3 is 0 Å². The number of amides is 2. The Hall–Kier alpha value is -1.74. The largest absolute Gasteiger partial charge is 0.302 e. The Morgan fingerprint density at radius 3 is 2.80 bits per heavy atom. The fraction of sp³-hybridized carbons (Fsp3) is 0.125. The first-order valence-electron chi connectivity index (χ1n) is 7.23. The van der Waals surface area contributed by atoms with Crippen molar-refractivity contribution in [2.24, 2.45) is 0 Å². The summed E-state index contributed by atoms with van der Waals surface area (Å²) < 4.78 is 0.451. The number of carbonyl (C=O) groups is 2. The van der Waals surface area contributed by atoms with E-state index in [4.69, 9.17) is 23.8 Å². The Morgan fingerprint density at radius 1 is 1.36 bits per heavy atom. The molecule has 0 atom stereocenters. The van der Waals surface area contributed by atoms with Crippen molar-refractivity contribution in [3.63, 3.8) is 0 Å². The Balaban J connectivity index is 1.61. The molecule has 2 heterocycles. The number of carbonyl (C=O) groups excluding carboxylic acids is 2. The van der Waals surface area contributed by atoms with Crippen LogP contribution in [0, 0.1) is 0 Å². The minimum absolute atomic E-state index is 0.153. The van der Waals surface area contributed by atoms with E-state index in [9.17, 15) is 9.59 Å². The SMILES string of the molecule is O=C(CCN1C(=O)C(=Cc2ccc(Cl)cc2)SC1=S)Nc1nccs1. The molecule has 0 unspecified atom stereocenters. The van der Waals surface area contributed by atoms with E-state index in [2.05, 4.69) is 10.3 Å². The van der Waals surface area contributed by atoms with Crippen LogP contribution in [0.3, 0.4) is 0 Å². The molecule has 0 spiro atoms. The van der Waals surface area contributed by atoms with Gasteiger partial charge in [0.2, 0.25) is 5.91 Å². The predicted molar refractivity (Wildman–Crippen MR) is 107 cm³/mol. The van der Waals surface area contributed by atoms with Gasteiger partial charge in [-0.15, -0.1) is 11.3 Å². The van der Waals surface area contributed by atoms with Crippen LogP contribution in [0.1, 0.15) is 12.0 Å². The first kappa shape index (κ1) is 18.1. The van der Waals surface area contributed by atoms with E-state index < -0.39 is 0 Å². The third-order valence-electron chi connectivity index (χ3n) is 3.28. The van der Waals surface area contributed by atoms with E-state index in [0.717, 1.165) is 5.56 Å². The number of aromatic nitrogens is 1. The molecule has 25 heavy (non-hydrogen) atoms. The highest BCUT2D eigenvalue weighted by Crippen LogP contribution is 2.32. The average molecular weight is 410 g/mol. The number of hydrogen-bond donors (Lipinski definition) is 1. The molecule has 0 bridgehead atoms. The smallest absolute Gasteiger partial charge is 0.266 e. The normalized spacial score (nSPS) is 15.9. The summed E-state index contributed by atoms with van der Waals surface area (Å²) in [6.45, 7) is 0.236. The Labute approximate surface area is 163 Å². The molecule has 1 aromatic heterocycles. The van der Waals surface area contributed by atoms with Gasteiger partial charge in [-0.2, -0.15) is 0 Å². The second-order valence-corrected chi connectivity index (χ2v) is 8.03. The first-order chi connectivity index (χ1) is 12.0. The summed E-state index contributed by atoms with van der Waals surface area (Å²) in [6.07, 6.45) is 3.54. The number of hydrogen-bond acceptors (Lipinski definition) is 6. The third-order valence-corrected chi connectivity index (χ3v) is 5.60. The van der Waals surface area contributed by atoms with Crippen molar-refractivity contribution in [3.8, 4) is 0 Å². The van der Waals surface area contributed by atoms with Crippen LogP contribution in [0.25, 0.3) is 6.08 Å². The van der Waals surface area contributed by atoms with E-state index >= 15 is 0 Å². The summed E-state index contributed by atoms with van der Waals surface area (Å²) in [4.78, 5) is 30.4. The Kier molecular flexibility index (Phi) is 5.85. The van der Waals surface area contributed by atoms with E-state index in [1.165, 1.54) is 28.0 Å². The van der Waals surface area contributed by atoms with Crippen molar-refractivity contribution in [1.29, 1.82) is 0 Å². The monoisotopic (exact) mass is 409 g/mol. The van der Waals surface area contributed by atoms with Crippen molar-refractivity contribution in [2.75, 3.05) is 11.9 Å². The van der Waals surface area contributed by atoms with Crippen LogP contribution in [0.15, 0.2) is 40.7 Å². The van der Waals surface area contributed by atoms with Gasteiger partial charge in [0, 0.05) is 29.6 Å². The highest BCUT2D eigenvalue weighted by Gasteiger charge is 2.32. The maximum atomic E-state index is 12.5. The molecule has 1 aliphatic rings. The number of benzene rings is 1. The van der Waals surface area contributed by atoms with Crippen molar-refractivity contribution >= 4 is 74.3 Å². The van der Waals surface area contributed by atoms with Gasteiger partial charge < -0.3 is 5.32 Å². The molecule has 1 saturated heterocycles. The number of thiocarbonyl (C=S) groups is 1. The van der Waals surface area contributed by atoms with Crippen LogP contribution in [-0.4, -0.2) is 32.6 Å². The molecule has 0 saturated carbocycles. The fourth-order valence-corrected chi connectivity index (χ4v) is 4.06. The Morgan fingerprint density at radius 2 is 2.12 bits per heavy atom. The van der Waals surface area contributed by atoms with Crippen LogP contribution in [0.4, 0.5) is 5.13 Å². The molecule has 0 radical (unpaired) electrons. The Bertz CT molecular complexity index is 835. The topological polar surface area (TPSA) is 62.3 Å². The summed E-state index contributed by atoms with van der Waals surface area (Å²) in [5.41, 5.74) is 0.867. The number of rotatable bonds is 5. The molecule has 2 aromatic rings. The standard InChI is InChI=1S/C16H12ClN3O2S3/c17-11-3-1-10(2-4-11)9-12-14(22)20(16(23)25-12)7-5-13(21)19-15-18-6-8-24-15/h1-4,6,8-9H,5,7H2,(H,18,19,21). The quantitative estimate of drug-likeness (QED) is 0.596. The number of anilines is 1. The summed E-state index contributed by atoms with van der Waals surface area (Å²) >= 11 is 13.7. The van der Waals surface area contributed by atoms with E-state index in [0.29, 0.717) is 19.4 Å². The van der Waals surface area contributed by atoms with Gasteiger partial charge in [0.05, 0.1) is 4.91 Å². The van der Waals surface area contributed by atoms with Crippen LogP contribution in [-0.2, 0) is 9.59 Å². The van der Waals surface area contributed by atoms with Gasteiger partial charge in [-0.1, -0.05) is 47.7 Å². The number of nitrogens with one attached hydrogen (secondary N) is 1. The van der Waals surface area contributed by atoms with Gasteiger partial charge in [0.1, 0.15) is 4.32 Å². The number of halogens is 1. The molecule has 1 aliphatic heterocycles. The lowest BCUT2D eigenvalue weighted by Crippen LogP contribution is -2.31. The van der Waals surface area contributed by atoms with Gasteiger partial charge in [0.25, 0.3) is 5.91 Å². The molecule has 1 N–H and O–H groups in total. The maximum Gasteiger partial charge on any atom is 0.266 e. The third kappa shape index (κ3) is 4.66. The summed E-state index contributed by atoms with van der Waals surface area (Å²) in [6, 6.07) is 7.18. The lowest BCUT2D eigenvalue weighted by molar-refractivity contribution is -0.122. The molecular weight excluding hydrogens is 398 g/mol. The van der Waals surface area contributed by atoms with Gasteiger partial charge in [-0.25, -0.2) is 4.98 Å². The molecular formula is C16H12ClN3O2S3. The highest BCUT2D eigenvalue weighted by atomic mass is 35.5. The predicted octanol–water partition coefficient (Wildman–Crippen LogP) is 4.03. The van der Waals surface area contributed by atoms with Crippen molar-refractivity contribution in [3.05, 3.63) is 51.3 Å². The zero-order valence-electron chi connectivity index (χ0n) is 12.8. The average Bonchev–Trinajstić information content (AvgIpc) is 3.17. The fourth-order valence-electron chi connectivity index (χ4n) is 2.08. The van der Waals surface area contributed by atoms with E-state index in [1.54, 1.807) is 29.8 Å².